The Morgan fingerprint density at radius 3 is 2.15 bits per heavy atom. The van der Waals surface area contributed by atoms with Crippen LogP contribution < -0.4 is 20.6 Å². The van der Waals surface area contributed by atoms with Crippen molar-refractivity contribution >= 4 is 58.7 Å². The molecule has 1 aliphatic rings. The highest BCUT2D eigenvalue weighted by Crippen LogP contribution is 2.32. The van der Waals surface area contributed by atoms with Crippen LogP contribution in [0.15, 0.2) is 66.0 Å². The summed E-state index contributed by atoms with van der Waals surface area (Å²) in [6, 6.07) is 20.8. The first kappa shape index (κ1) is 30.5. The van der Waals surface area contributed by atoms with E-state index < -0.39 is 9.04 Å². The molecule has 9 heteroatoms. The minimum Gasteiger partial charge on any atom is -0.405 e. The molecule has 3 aromatic rings. The van der Waals surface area contributed by atoms with Crippen molar-refractivity contribution in [3.05, 3.63) is 71.7 Å². The van der Waals surface area contributed by atoms with Gasteiger partial charge in [-0.2, -0.15) is 0 Å². The van der Waals surface area contributed by atoms with Gasteiger partial charge in [-0.25, -0.2) is 4.98 Å². The van der Waals surface area contributed by atoms with E-state index in [1.807, 2.05) is 17.5 Å². The summed E-state index contributed by atoms with van der Waals surface area (Å²) in [5.74, 6) is 0.203. The number of carbonyl (C=O) groups excluding carboxylic acids is 2. The van der Waals surface area contributed by atoms with Gasteiger partial charge in [-0.15, -0.1) is 11.3 Å². The molecule has 0 bridgehead atoms. The molecule has 4 rings (SSSR count). The van der Waals surface area contributed by atoms with Gasteiger partial charge >= 0.3 is 0 Å². The molecular weight excluding hydrogens is 555 g/mol. The molecule has 6 nitrogen and oxygen atoms in total. The first-order valence-electron chi connectivity index (χ1n) is 13.9. The van der Waals surface area contributed by atoms with Crippen molar-refractivity contribution in [3.8, 4) is 0 Å². The molecule has 40 heavy (non-hydrogen) atoms. The average Bonchev–Trinajstić information content (AvgIpc) is 3.36. The van der Waals surface area contributed by atoms with E-state index in [1.54, 1.807) is 6.92 Å². The van der Waals surface area contributed by atoms with Gasteiger partial charge in [-0.05, 0) is 28.1 Å². The van der Waals surface area contributed by atoms with Crippen molar-refractivity contribution in [3.63, 3.8) is 0 Å². The monoisotopic (exact) mass is 595 g/mol. The van der Waals surface area contributed by atoms with Crippen LogP contribution in [0.25, 0.3) is 0 Å². The smallest absolute Gasteiger partial charge is 0.271 e. The van der Waals surface area contributed by atoms with Gasteiger partial charge in [0, 0.05) is 30.6 Å². The molecule has 0 spiro atoms. The fourth-order valence-corrected chi connectivity index (χ4v) is 9.62. The van der Waals surface area contributed by atoms with Gasteiger partial charge in [0.05, 0.1) is 12.1 Å². The molecule has 214 valence electrons. The predicted molar refractivity (Wildman–Crippen MR) is 171 cm³/mol. The lowest BCUT2D eigenvalue weighted by atomic mass is 9.82. The number of benzene rings is 2. The second-order valence-electron chi connectivity index (χ2n) is 12.0. The maximum Gasteiger partial charge on any atom is 0.271 e. The van der Waals surface area contributed by atoms with Crippen molar-refractivity contribution < 1.29 is 14.0 Å². The molecule has 1 aliphatic heterocycles. The summed E-state index contributed by atoms with van der Waals surface area (Å²) in [6.07, 6.45) is 0.597. The lowest BCUT2D eigenvalue weighted by molar-refractivity contribution is -0.109. The molecule has 1 fully saturated rings. The molecule has 1 saturated heterocycles. The summed E-state index contributed by atoms with van der Waals surface area (Å²) in [5, 5.41) is 8.88. The fraction of sp³-hybridized carbons (Fsp3) is 0.452. The maximum atomic E-state index is 13.6. The van der Waals surface area contributed by atoms with Crippen LogP contribution in [0.5, 0.6) is 0 Å². The zero-order chi connectivity index (χ0) is 28.9. The van der Waals surface area contributed by atoms with Crippen molar-refractivity contribution in [2.75, 3.05) is 18.0 Å². The van der Waals surface area contributed by atoms with E-state index in [0.717, 1.165) is 24.6 Å². The minimum absolute atomic E-state index is 0.139. The molecule has 0 radical (unpaired) electrons. The Morgan fingerprint density at radius 1 is 1.07 bits per heavy atom. The molecule has 2 aromatic carbocycles. The van der Waals surface area contributed by atoms with E-state index in [2.05, 4.69) is 98.4 Å². The van der Waals surface area contributed by atoms with E-state index in [-0.39, 0.29) is 28.6 Å². The van der Waals surface area contributed by atoms with Crippen LogP contribution in [0.4, 0.5) is 5.13 Å². The lowest BCUT2D eigenvalue weighted by Crippen LogP contribution is -2.57. The molecule has 1 amide bonds. The Balaban J connectivity index is 1.55. The van der Waals surface area contributed by atoms with Crippen LogP contribution in [0.2, 0.25) is 0 Å². The number of anilines is 1. The number of hydrogen-bond donors (Lipinski definition) is 1. The normalized spacial score (nSPS) is 15.7. The Labute approximate surface area is 248 Å². The summed E-state index contributed by atoms with van der Waals surface area (Å²) >= 11 is 2.86. The number of carbonyl (C=O) groups is 2. The Kier molecular flexibility index (Phi) is 10.3. The number of nitrogens with zero attached hydrogens (tertiary/aromatic N) is 2. The zero-order valence-corrected chi connectivity index (χ0v) is 27.1. The minimum atomic E-state index is -2.05. The van der Waals surface area contributed by atoms with E-state index in [9.17, 15) is 9.59 Å². The summed E-state index contributed by atoms with van der Waals surface area (Å²) < 4.78 is 7.17. The van der Waals surface area contributed by atoms with Crippen LogP contribution >= 0.6 is 23.1 Å². The Bertz CT molecular complexity index is 1220. The molecule has 0 saturated carbocycles. The molecular formula is C31H41N3O3S2Si. The third kappa shape index (κ3) is 8.06. The SMILES string of the molecule is CC(=O)SC1CN(c2nc(C(=O)N[C@@H](CC(C)C)C(O[SiH](c3ccccc3)c3ccccc3)C(C)(C)C)cs2)C1. The number of rotatable bonds is 11. The third-order valence-electron chi connectivity index (χ3n) is 6.92. The first-order chi connectivity index (χ1) is 19.0. The van der Waals surface area contributed by atoms with E-state index in [4.69, 9.17) is 4.43 Å². The largest absolute Gasteiger partial charge is 0.405 e. The van der Waals surface area contributed by atoms with Crippen LogP contribution in [0.3, 0.4) is 0 Å². The number of nitrogens with one attached hydrogen (secondary N) is 1. The third-order valence-corrected chi connectivity index (χ3v) is 11.3. The fourth-order valence-electron chi connectivity index (χ4n) is 5.08. The van der Waals surface area contributed by atoms with Crippen molar-refractivity contribution in [2.45, 2.75) is 65.4 Å². The number of aromatic nitrogens is 1. The Hall–Kier alpha value is -2.46. The van der Waals surface area contributed by atoms with Gasteiger partial charge in [0.1, 0.15) is 5.69 Å². The highest BCUT2D eigenvalue weighted by molar-refractivity contribution is 8.14. The van der Waals surface area contributed by atoms with E-state index in [0.29, 0.717) is 16.9 Å². The van der Waals surface area contributed by atoms with Gasteiger partial charge in [0.2, 0.25) is 9.04 Å². The standard InChI is InChI=1S/C31H41N3O3S2Si/c1-21(2)17-26(32-29(36)27-20-38-30(33-27)34-18-23(19-34)39-22(3)35)28(31(4,5)6)37-40(24-13-9-7-10-14-24)25-15-11-8-12-16-25/h7-16,20-21,23,26,28,40H,17-19H2,1-6H3,(H,32,36)/t26-,28?/m0/s1. The maximum absolute atomic E-state index is 13.6. The quantitative estimate of drug-likeness (QED) is 0.324. The van der Waals surface area contributed by atoms with Crippen molar-refractivity contribution in [1.82, 2.24) is 10.3 Å². The summed E-state index contributed by atoms with van der Waals surface area (Å²) in [6.45, 7) is 14.1. The van der Waals surface area contributed by atoms with Gasteiger partial charge in [-0.3, -0.25) is 9.59 Å². The molecule has 1 N–H and O–H groups in total. The highest BCUT2D eigenvalue weighted by Gasteiger charge is 2.38. The van der Waals surface area contributed by atoms with Gasteiger partial charge < -0.3 is 14.6 Å². The summed E-state index contributed by atoms with van der Waals surface area (Å²) in [7, 11) is -2.05. The Morgan fingerprint density at radius 2 is 1.65 bits per heavy atom. The molecule has 1 unspecified atom stereocenters. The summed E-state index contributed by atoms with van der Waals surface area (Å²) in [5.41, 5.74) is 0.222. The highest BCUT2D eigenvalue weighted by atomic mass is 32.2. The predicted octanol–water partition coefficient (Wildman–Crippen LogP) is 4.73. The topological polar surface area (TPSA) is 71.5 Å². The van der Waals surface area contributed by atoms with Crippen molar-refractivity contribution in [1.29, 1.82) is 0 Å². The first-order valence-corrected chi connectivity index (χ1v) is 17.3. The molecule has 2 atom stereocenters. The van der Waals surface area contributed by atoms with Gasteiger partial charge in [0.25, 0.3) is 5.91 Å². The number of amides is 1. The molecule has 1 aromatic heterocycles. The molecule has 2 heterocycles. The van der Waals surface area contributed by atoms with Crippen molar-refractivity contribution in [2.24, 2.45) is 11.3 Å². The number of hydrogen-bond acceptors (Lipinski definition) is 7. The van der Waals surface area contributed by atoms with E-state index >= 15 is 0 Å². The number of thiazole rings is 1. The van der Waals surface area contributed by atoms with Crippen LogP contribution in [0.1, 0.15) is 58.5 Å². The van der Waals surface area contributed by atoms with Crippen LogP contribution in [-0.4, -0.2) is 55.5 Å². The van der Waals surface area contributed by atoms with Gasteiger partial charge in [0.15, 0.2) is 10.2 Å². The molecule has 0 aliphatic carbocycles. The second kappa shape index (κ2) is 13.5. The van der Waals surface area contributed by atoms with Crippen LogP contribution in [0, 0.1) is 11.3 Å². The second-order valence-corrected chi connectivity index (χ2v) is 16.7. The number of thioether (sulfide) groups is 1. The average molecular weight is 596 g/mol. The zero-order valence-electron chi connectivity index (χ0n) is 24.3. The van der Waals surface area contributed by atoms with Gasteiger partial charge in [-0.1, -0.05) is 107 Å². The summed E-state index contributed by atoms with van der Waals surface area (Å²) in [4.78, 5) is 31.7. The van der Waals surface area contributed by atoms with Crippen LogP contribution in [-0.2, 0) is 9.22 Å². The van der Waals surface area contributed by atoms with E-state index in [1.165, 1.54) is 33.5 Å². The lowest BCUT2D eigenvalue weighted by Gasteiger charge is -2.40.